The second-order valence-corrected chi connectivity index (χ2v) is 6.79. The minimum atomic E-state index is -0.168. The van der Waals surface area contributed by atoms with Gasteiger partial charge < -0.3 is 14.3 Å². The van der Waals surface area contributed by atoms with Gasteiger partial charge in [0.15, 0.2) is 0 Å². The van der Waals surface area contributed by atoms with E-state index in [1.165, 1.54) is 7.11 Å². The van der Waals surface area contributed by atoms with Crippen molar-refractivity contribution in [3.8, 4) is 17.1 Å². The molecule has 8 nitrogen and oxygen atoms in total. The van der Waals surface area contributed by atoms with Gasteiger partial charge in [0.05, 0.1) is 36.2 Å². The van der Waals surface area contributed by atoms with Gasteiger partial charge in [-0.25, -0.2) is 4.98 Å². The SMILES string of the molecule is COC(=O)[C@H]1CCC[C@H](Oc2ccc(-c3nnn(C)c3CC=O)nc2C)C1. The zero-order chi connectivity index (χ0) is 19.4. The molecule has 8 heteroatoms. The molecule has 0 saturated heterocycles. The normalized spacial score (nSPS) is 19.5. The number of rotatable bonds is 6. The Morgan fingerprint density at radius 3 is 2.89 bits per heavy atom. The number of aromatic nitrogens is 4. The van der Waals surface area contributed by atoms with Crippen molar-refractivity contribution in [1.29, 1.82) is 0 Å². The molecule has 0 aliphatic heterocycles. The van der Waals surface area contributed by atoms with Crippen molar-refractivity contribution in [2.75, 3.05) is 7.11 Å². The summed E-state index contributed by atoms with van der Waals surface area (Å²) < 4.78 is 12.6. The summed E-state index contributed by atoms with van der Waals surface area (Å²) in [7, 11) is 3.17. The Balaban J connectivity index is 1.76. The highest BCUT2D eigenvalue weighted by atomic mass is 16.5. The smallest absolute Gasteiger partial charge is 0.308 e. The van der Waals surface area contributed by atoms with E-state index in [1.807, 2.05) is 19.1 Å². The van der Waals surface area contributed by atoms with Gasteiger partial charge in [-0.05, 0) is 44.7 Å². The Bertz CT molecular complexity index is 833. The van der Waals surface area contributed by atoms with Crippen molar-refractivity contribution in [3.63, 3.8) is 0 Å². The molecule has 0 N–H and O–H groups in total. The van der Waals surface area contributed by atoms with Crippen LogP contribution in [0.3, 0.4) is 0 Å². The Morgan fingerprint density at radius 1 is 1.37 bits per heavy atom. The molecule has 0 amide bonds. The molecule has 0 bridgehead atoms. The fraction of sp³-hybridized carbons (Fsp3) is 0.526. The first kappa shape index (κ1) is 19.0. The van der Waals surface area contributed by atoms with Gasteiger partial charge in [-0.1, -0.05) is 5.21 Å². The molecule has 27 heavy (non-hydrogen) atoms. The van der Waals surface area contributed by atoms with E-state index in [0.29, 0.717) is 23.6 Å². The van der Waals surface area contributed by atoms with Gasteiger partial charge in [0.1, 0.15) is 17.7 Å². The largest absolute Gasteiger partial charge is 0.489 e. The molecule has 1 saturated carbocycles. The fourth-order valence-electron chi connectivity index (χ4n) is 3.50. The van der Waals surface area contributed by atoms with Crippen molar-refractivity contribution in [3.05, 3.63) is 23.5 Å². The summed E-state index contributed by atoms with van der Waals surface area (Å²) in [6.45, 7) is 1.87. The summed E-state index contributed by atoms with van der Waals surface area (Å²) in [5.74, 6) is 0.417. The molecule has 0 radical (unpaired) electrons. The molecular weight excluding hydrogens is 348 g/mol. The number of hydrogen-bond donors (Lipinski definition) is 0. The summed E-state index contributed by atoms with van der Waals surface area (Å²) in [5.41, 5.74) is 2.71. The lowest BCUT2D eigenvalue weighted by Crippen LogP contribution is -2.30. The number of nitrogens with zero attached hydrogens (tertiary/aromatic N) is 4. The van der Waals surface area contributed by atoms with Crippen LogP contribution in [0.1, 0.15) is 37.1 Å². The van der Waals surface area contributed by atoms with Crippen LogP contribution in [0.25, 0.3) is 11.4 Å². The van der Waals surface area contributed by atoms with Crippen LogP contribution in [-0.2, 0) is 27.8 Å². The molecule has 0 aromatic carbocycles. The summed E-state index contributed by atoms with van der Waals surface area (Å²) in [6, 6.07) is 3.68. The zero-order valence-corrected chi connectivity index (χ0v) is 15.8. The third-order valence-electron chi connectivity index (χ3n) is 4.95. The molecule has 2 aromatic heterocycles. The summed E-state index contributed by atoms with van der Waals surface area (Å²) in [4.78, 5) is 27.3. The number of pyridine rings is 1. The van der Waals surface area contributed by atoms with E-state index in [0.717, 1.165) is 36.9 Å². The number of carbonyl (C=O) groups is 2. The molecule has 2 atom stereocenters. The van der Waals surface area contributed by atoms with Gasteiger partial charge in [-0.3, -0.25) is 9.48 Å². The molecule has 1 aliphatic rings. The first-order chi connectivity index (χ1) is 13.0. The van der Waals surface area contributed by atoms with Crippen LogP contribution in [0.5, 0.6) is 5.75 Å². The standard InChI is InChI=1S/C19H24N4O4/c1-12-17(27-14-6-4-5-13(11-14)19(25)26-3)8-7-15(20-12)18-16(9-10-24)23(2)22-21-18/h7-8,10,13-14H,4-6,9,11H2,1-3H3/t13-,14-/m0/s1. The summed E-state index contributed by atoms with van der Waals surface area (Å²) in [6.07, 6.45) is 4.36. The van der Waals surface area contributed by atoms with Crippen LogP contribution in [0.15, 0.2) is 12.1 Å². The van der Waals surface area contributed by atoms with Crippen LogP contribution in [0.2, 0.25) is 0 Å². The molecule has 1 fully saturated rings. The highest BCUT2D eigenvalue weighted by Gasteiger charge is 2.29. The van der Waals surface area contributed by atoms with E-state index in [2.05, 4.69) is 15.3 Å². The average molecular weight is 372 g/mol. The van der Waals surface area contributed by atoms with Crippen LogP contribution < -0.4 is 4.74 Å². The number of aryl methyl sites for hydroxylation is 2. The first-order valence-electron chi connectivity index (χ1n) is 9.08. The number of aldehydes is 1. The van der Waals surface area contributed by atoms with Gasteiger partial charge in [-0.15, -0.1) is 5.10 Å². The topological polar surface area (TPSA) is 96.2 Å². The number of carbonyl (C=O) groups excluding carboxylic acids is 2. The second kappa shape index (κ2) is 8.28. The number of methoxy groups -OCH3 is 1. The average Bonchev–Trinajstić information content (AvgIpc) is 3.04. The van der Waals surface area contributed by atoms with E-state index in [4.69, 9.17) is 9.47 Å². The van der Waals surface area contributed by atoms with Crippen molar-refractivity contribution < 1.29 is 19.1 Å². The molecular formula is C19H24N4O4. The molecule has 0 unspecified atom stereocenters. The van der Waals surface area contributed by atoms with Gasteiger partial charge in [-0.2, -0.15) is 0 Å². The maximum atomic E-state index is 11.8. The van der Waals surface area contributed by atoms with E-state index < -0.39 is 0 Å². The highest BCUT2D eigenvalue weighted by molar-refractivity contribution is 5.72. The third kappa shape index (κ3) is 4.15. The molecule has 2 heterocycles. The minimum absolute atomic E-state index is 0.0312. The lowest BCUT2D eigenvalue weighted by atomic mass is 9.87. The van der Waals surface area contributed by atoms with Gasteiger partial charge >= 0.3 is 5.97 Å². The van der Waals surface area contributed by atoms with Crippen molar-refractivity contribution in [2.24, 2.45) is 13.0 Å². The summed E-state index contributed by atoms with van der Waals surface area (Å²) in [5, 5.41) is 8.11. The fourth-order valence-corrected chi connectivity index (χ4v) is 3.50. The minimum Gasteiger partial charge on any atom is -0.489 e. The molecule has 2 aromatic rings. The molecule has 1 aliphatic carbocycles. The van der Waals surface area contributed by atoms with Gasteiger partial charge in [0.25, 0.3) is 0 Å². The zero-order valence-electron chi connectivity index (χ0n) is 15.8. The number of esters is 1. The van der Waals surface area contributed by atoms with Crippen molar-refractivity contribution in [1.82, 2.24) is 20.0 Å². The van der Waals surface area contributed by atoms with Crippen LogP contribution in [0.4, 0.5) is 0 Å². The van der Waals surface area contributed by atoms with Crippen molar-refractivity contribution in [2.45, 2.75) is 45.1 Å². The summed E-state index contributed by atoms with van der Waals surface area (Å²) >= 11 is 0. The lowest BCUT2D eigenvalue weighted by molar-refractivity contribution is -0.147. The molecule has 144 valence electrons. The van der Waals surface area contributed by atoms with E-state index in [9.17, 15) is 9.59 Å². The van der Waals surface area contributed by atoms with Gasteiger partial charge in [0, 0.05) is 13.5 Å². The van der Waals surface area contributed by atoms with Crippen LogP contribution >= 0.6 is 0 Å². The predicted molar refractivity (Wildman–Crippen MR) is 97.1 cm³/mol. The Labute approximate surface area is 157 Å². The first-order valence-corrected chi connectivity index (χ1v) is 9.08. The third-order valence-corrected chi connectivity index (χ3v) is 4.95. The maximum Gasteiger partial charge on any atom is 0.308 e. The van der Waals surface area contributed by atoms with E-state index in [-0.39, 0.29) is 24.4 Å². The predicted octanol–water partition coefficient (Wildman–Crippen LogP) is 2.04. The lowest BCUT2D eigenvalue weighted by Gasteiger charge is -2.28. The second-order valence-electron chi connectivity index (χ2n) is 6.79. The van der Waals surface area contributed by atoms with Crippen LogP contribution in [0, 0.1) is 12.8 Å². The Hall–Kier alpha value is -2.77. The van der Waals surface area contributed by atoms with E-state index in [1.54, 1.807) is 11.7 Å². The Kier molecular flexibility index (Phi) is 5.83. The van der Waals surface area contributed by atoms with Crippen molar-refractivity contribution >= 4 is 12.3 Å². The molecule has 3 rings (SSSR count). The monoisotopic (exact) mass is 372 g/mol. The van der Waals surface area contributed by atoms with Gasteiger partial charge in [0.2, 0.25) is 0 Å². The van der Waals surface area contributed by atoms with E-state index >= 15 is 0 Å². The quantitative estimate of drug-likeness (QED) is 0.565. The Morgan fingerprint density at radius 2 is 2.19 bits per heavy atom. The maximum absolute atomic E-state index is 11.8. The number of ether oxygens (including phenoxy) is 2. The molecule has 0 spiro atoms. The highest BCUT2D eigenvalue weighted by Crippen LogP contribution is 2.30. The number of hydrogen-bond acceptors (Lipinski definition) is 7. The van der Waals surface area contributed by atoms with Crippen LogP contribution in [-0.4, -0.2) is 45.4 Å².